The summed E-state index contributed by atoms with van der Waals surface area (Å²) in [6.45, 7) is 9.03. The lowest BCUT2D eigenvalue weighted by molar-refractivity contribution is -0.144. The molecule has 4 nitrogen and oxygen atoms in total. The van der Waals surface area contributed by atoms with Crippen molar-refractivity contribution in [3.63, 3.8) is 0 Å². The molecule has 1 unspecified atom stereocenters. The smallest absolute Gasteiger partial charge is 0.466 e. The molecule has 8 heteroatoms. The third-order valence-electron chi connectivity index (χ3n) is 4.96. The van der Waals surface area contributed by atoms with E-state index in [0.29, 0.717) is 0 Å². The lowest BCUT2D eigenvalue weighted by Gasteiger charge is -2.32. The number of rotatable bonds is 5. The number of alkyl halides is 3. The van der Waals surface area contributed by atoms with Gasteiger partial charge in [0.2, 0.25) is 0 Å². The van der Waals surface area contributed by atoms with Gasteiger partial charge in [-0.1, -0.05) is 18.2 Å². The summed E-state index contributed by atoms with van der Waals surface area (Å²) in [5.41, 5.74) is -2.29. The summed E-state index contributed by atoms with van der Waals surface area (Å²) < 4.78 is 57.3. The summed E-state index contributed by atoms with van der Waals surface area (Å²) in [6, 6.07) is 5.18. The zero-order valence-corrected chi connectivity index (χ0v) is 15.6. The lowest BCUT2D eigenvalue weighted by atomic mass is 9.65. The molecule has 1 atom stereocenters. The van der Waals surface area contributed by atoms with E-state index >= 15 is 0 Å². The van der Waals surface area contributed by atoms with Gasteiger partial charge in [-0.05, 0) is 46.2 Å². The molecule has 1 saturated heterocycles. The average molecular weight is 372 g/mol. The van der Waals surface area contributed by atoms with Crippen molar-refractivity contribution in [2.24, 2.45) is 0 Å². The third-order valence-corrected chi connectivity index (χ3v) is 4.96. The maximum Gasteiger partial charge on any atom is 0.466 e. The zero-order chi connectivity index (χ0) is 19.8. The van der Waals surface area contributed by atoms with E-state index in [-0.39, 0.29) is 18.6 Å². The number of hydrogen-bond donors (Lipinski definition) is 0. The molecule has 0 spiro atoms. The molecule has 1 heterocycles. The van der Waals surface area contributed by atoms with Crippen LogP contribution in [0, 0.1) is 0 Å². The van der Waals surface area contributed by atoms with Crippen LogP contribution in [0.25, 0.3) is 0 Å². The minimum Gasteiger partial charge on any atom is -0.466 e. The maximum absolute atomic E-state index is 13.5. The molecule has 0 radical (unpaired) electrons. The first-order chi connectivity index (χ1) is 11.9. The zero-order valence-electron chi connectivity index (χ0n) is 15.6. The number of halogens is 3. The average Bonchev–Trinajstić information content (AvgIpc) is 2.72. The Kier molecular flexibility index (Phi) is 5.78. The Morgan fingerprint density at radius 3 is 2.19 bits per heavy atom. The van der Waals surface area contributed by atoms with Gasteiger partial charge >= 0.3 is 19.3 Å². The van der Waals surface area contributed by atoms with E-state index in [2.05, 4.69) is 0 Å². The van der Waals surface area contributed by atoms with Crippen LogP contribution in [-0.4, -0.2) is 30.9 Å². The van der Waals surface area contributed by atoms with Gasteiger partial charge in [0.15, 0.2) is 0 Å². The van der Waals surface area contributed by atoms with Crippen LogP contribution < -0.4 is 0 Å². The summed E-state index contributed by atoms with van der Waals surface area (Å²) in [5.74, 6) is -1.53. The number of benzene rings is 1. The number of ether oxygens (including phenoxy) is 1. The second kappa shape index (κ2) is 7.23. The quantitative estimate of drug-likeness (QED) is 0.569. The molecule has 0 amide bonds. The highest BCUT2D eigenvalue weighted by Crippen LogP contribution is 2.44. The normalized spacial score (nSPS) is 20.1. The van der Waals surface area contributed by atoms with Crippen molar-refractivity contribution >= 4 is 13.1 Å². The van der Waals surface area contributed by atoms with Gasteiger partial charge in [-0.2, -0.15) is 13.2 Å². The molecular weight excluding hydrogens is 348 g/mol. The summed E-state index contributed by atoms with van der Waals surface area (Å²) in [7, 11) is -0.993. The van der Waals surface area contributed by atoms with Gasteiger partial charge in [-0.15, -0.1) is 0 Å². The molecule has 0 aliphatic carbocycles. The molecule has 1 fully saturated rings. The summed E-state index contributed by atoms with van der Waals surface area (Å²) in [5, 5.41) is 0. The fourth-order valence-electron chi connectivity index (χ4n) is 2.88. The molecule has 0 aromatic heterocycles. The van der Waals surface area contributed by atoms with Gasteiger partial charge in [0, 0.05) is 5.82 Å². The first-order valence-electron chi connectivity index (χ1n) is 8.56. The molecular formula is C18H24BF3O4. The second-order valence-corrected chi connectivity index (χ2v) is 7.33. The van der Waals surface area contributed by atoms with E-state index in [1.54, 1.807) is 6.92 Å². The fourth-order valence-corrected chi connectivity index (χ4v) is 2.88. The molecule has 2 rings (SSSR count). The molecule has 144 valence electrons. The SMILES string of the molecule is CCOC(=O)CC(B1OC(C)(C)C(C)(C)O1)c1ccccc1C(F)(F)F. The molecule has 1 aliphatic heterocycles. The maximum atomic E-state index is 13.5. The van der Waals surface area contributed by atoms with E-state index < -0.39 is 41.8 Å². The van der Waals surface area contributed by atoms with Crippen molar-refractivity contribution in [1.29, 1.82) is 0 Å². The van der Waals surface area contributed by atoms with E-state index in [4.69, 9.17) is 14.0 Å². The van der Waals surface area contributed by atoms with Crippen molar-refractivity contribution in [2.45, 2.75) is 64.2 Å². The highest BCUT2D eigenvalue weighted by Gasteiger charge is 2.55. The monoisotopic (exact) mass is 372 g/mol. The molecule has 0 N–H and O–H groups in total. The Hall–Kier alpha value is -1.54. The minimum absolute atomic E-state index is 0.0356. The van der Waals surface area contributed by atoms with Crippen molar-refractivity contribution in [3.8, 4) is 0 Å². The summed E-state index contributed by atoms with van der Waals surface area (Å²) >= 11 is 0. The molecule has 1 aromatic carbocycles. The molecule has 1 aliphatic rings. The highest BCUT2D eigenvalue weighted by atomic mass is 19.4. The van der Waals surface area contributed by atoms with Crippen LogP contribution in [-0.2, 0) is 25.0 Å². The first-order valence-corrected chi connectivity index (χ1v) is 8.56. The van der Waals surface area contributed by atoms with Crippen LogP contribution in [0.15, 0.2) is 24.3 Å². The lowest BCUT2D eigenvalue weighted by Crippen LogP contribution is -2.41. The topological polar surface area (TPSA) is 44.8 Å². The minimum atomic E-state index is -4.55. The van der Waals surface area contributed by atoms with Crippen molar-refractivity contribution in [1.82, 2.24) is 0 Å². The van der Waals surface area contributed by atoms with Gasteiger partial charge in [-0.3, -0.25) is 4.79 Å². The predicted octanol–water partition coefficient (Wildman–Crippen LogP) is 4.37. The Balaban J connectivity index is 2.46. The molecule has 1 aromatic rings. The largest absolute Gasteiger partial charge is 0.466 e. The van der Waals surface area contributed by atoms with E-state index in [1.165, 1.54) is 18.2 Å². The van der Waals surface area contributed by atoms with Crippen LogP contribution >= 0.6 is 0 Å². The number of carbonyl (C=O) groups excluding carboxylic acids is 1. The fraction of sp³-hybridized carbons (Fsp3) is 0.611. The first kappa shape index (κ1) is 20.8. The van der Waals surface area contributed by atoms with Crippen LogP contribution in [0.4, 0.5) is 13.2 Å². The summed E-state index contributed by atoms with van der Waals surface area (Å²) in [4.78, 5) is 12.1. The van der Waals surface area contributed by atoms with Crippen LogP contribution in [0.2, 0.25) is 0 Å². The van der Waals surface area contributed by atoms with E-state index in [9.17, 15) is 18.0 Å². The molecule has 26 heavy (non-hydrogen) atoms. The number of esters is 1. The van der Waals surface area contributed by atoms with E-state index in [1.807, 2.05) is 27.7 Å². The Morgan fingerprint density at radius 1 is 1.15 bits per heavy atom. The van der Waals surface area contributed by atoms with Gasteiger partial charge in [0.25, 0.3) is 0 Å². The van der Waals surface area contributed by atoms with Crippen LogP contribution in [0.3, 0.4) is 0 Å². The summed E-state index contributed by atoms with van der Waals surface area (Å²) in [6.07, 6.45) is -4.81. The highest BCUT2D eigenvalue weighted by molar-refractivity contribution is 6.48. The van der Waals surface area contributed by atoms with Crippen LogP contribution in [0.5, 0.6) is 0 Å². The van der Waals surface area contributed by atoms with Gasteiger partial charge in [0.1, 0.15) is 0 Å². The molecule has 0 bridgehead atoms. The van der Waals surface area contributed by atoms with Gasteiger partial charge < -0.3 is 14.0 Å². The predicted molar refractivity (Wildman–Crippen MR) is 91.5 cm³/mol. The Bertz CT molecular complexity index is 642. The second-order valence-electron chi connectivity index (χ2n) is 7.33. The van der Waals surface area contributed by atoms with E-state index in [0.717, 1.165) is 6.07 Å². The van der Waals surface area contributed by atoms with Crippen molar-refractivity contribution in [2.75, 3.05) is 6.61 Å². The molecule has 0 saturated carbocycles. The van der Waals surface area contributed by atoms with Gasteiger partial charge in [-0.25, -0.2) is 0 Å². The Morgan fingerprint density at radius 2 is 1.69 bits per heavy atom. The van der Waals surface area contributed by atoms with Gasteiger partial charge in [0.05, 0.1) is 29.8 Å². The van der Waals surface area contributed by atoms with Crippen LogP contribution in [0.1, 0.15) is 58.0 Å². The van der Waals surface area contributed by atoms with Crippen molar-refractivity contribution < 1.29 is 32.0 Å². The number of carbonyl (C=O) groups is 1. The number of hydrogen-bond acceptors (Lipinski definition) is 4. The third kappa shape index (κ3) is 4.23. The Labute approximate surface area is 152 Å². The standard InChI is InChI=1S/C18H24BF3O4/c1-6-24-15(23)11-14(19-25-16(2,3)17(4,5)26-19)12-9-7-8-10-13(12)18(20,21)22/h7-10,14H,6,11H2,1-5H3. The van der Waals surface area contributed by atoms with Crippen molar-refractivity contribution in [3.05, 3.63) is 35.4 Å².